The first-order valence-electron chi connectivity index (χ1n) is 14.4. The van der Waals surface area contributed by atoms with Crippen molar-refractivity contribution in [3.63, 3.8) is 0 Å². The number of sulfonamides is 1. The molecule has 0 aliphatic carbocycles. The first-order valence-corrected chi connectivity index (χ1v) is 15.9. The largest absolute Gasteiger partial charge is 0.497 e. The van der Waals surface area contributed by atoms with Crippen molar-refractivity contribution in [2.75, 3.05) is 64.9 Å². The first-order chi connectivity index (χ1) is 21.9. The van der Waals surface area contributed by atoms with Gasteiger partial charge in [-0.15, -0.1) is 0 Å². The lowest BCUT2D eigenvalue weighted by atomic mass is 10.0. The van der Waals surface area contributed by atoms with Gasteiger partial charge in [0.1, 0.15) is 24.4 Å². The number of nitrogens with one attached hydrogen (secondary N) is 1. The molecule has 1 aromatic carbocycles. The third-order valence-corrected chi connectivity index (χ3v) is 9.27. The number of pyridine rings is 1. The fourth-order valence-corrected chi connectivity index (χ4v) is 6.51. The normalized spacial score (nSPS) is 17.8. The predicted molar refractivity (Wildman–Crippen MR) is 161 cm³/mol. The molecule has 2 fully saturated rings. The molecule has 248 valence electrons. The van der Waals surface area contributed by atoms with Crippen molar-refractivity contribution in [2.45, 2.75) is 29.8 Å². The van der Waals surface area contributed by atoms with Gasteiger partial charge in [0, 0.05) is 57.3 Å². The Kier molecular flexibility index (Phi) is 11.1. The van der Waals surface area contributed by atoms with Crippen molar-refractivity contribution in [1.82, 2.24) is 24.4 Å². The van der Waals surface area contributed by atoms with Crippen molar-refractivity contribution in [3.8, 4) is 5.75 Å². The van der Waals surface area contributed by atoms with Crippen LogP contribution in [0.3, 0.4) is 0 Å². The maximum atomic E-state index is 14.1. The molecule has 0 spiro atoms. The number of benzene rings is 1. The zero-order valence-electron chi connectivity index (χ0n) is 25.4. The fourth-order valence-electron chi connectivity index (χ4n) is 5.32. The van der Waals surface area contributed by atoms with Crippen molar-refractivity contribution in [2.24, 2.45) is 0 Å². The number of amides is 3. The molecular weight excluding hydrogens is 624 g/mol. The summed E-state index contributed by atoms with van der Waals surface area (Å²) in [6, 6.07) is 5.97. The molecule has 0 saturated carbocycles. The quantitative estimate of drug-likeness (QED) is 0.269. The number of rotatable bonds is 12. The van der Waals surface area contributed by atoms with E-state index in [9.17, 15) is 37.5 Å². The first kappa shape index (κ1) is 34.1. The average Bonchev–Trinajstić information content (AvgIpc) is 3.06. The smallest absolute Gasteiger partial charge is 0.323 e. The SMILES string of the molecule is COC(=O)C[C@H]1C(=O)N(CC(=O)O)CCN1C(=O)C(CC(=O)N1CCN(c2ccncc2)CC1)NS(=O)(=O)c1ccc(OC)cc1. The molecule has 0 bridgehead atoms. The second-order valence-electron chi connectivity index (χ2n) is 10.6. The van der Waals surface area contributed by atoms with Crippen LogP contribution >= 0.6 is 0 Å². The van der Waals surface area contributed by atoms with Crippen molar-refractivity contribution in [3.05, 3.63) is 48.8 Å². The number of carbonyl (C=O) groups excluding carboxylic acids is 4. The Balaban J connectivity index is 1.58. The number of hydrogen-bond acceptors (Lipinski definition) is 11. The lowest BCUT2D eigenvalue weighted by molar-refractivity contribution is -0.159. The van der Waals surface area contributed by atoms with Gasteiger partial charge in [0.15, 0.2) is 0 Å². The minimum atomic E-state index is -4.38. The molecule has 1 unspecified atom stereocenters. The van der Waals surface area contributed by atoms with Gasteiger partial charge in [-0.25, -0.2) is 8.42 Å². The van der Waals surface area contributed by atoms with E-state index in [1.807, 2.05) is 12.1 Å². The van der Waals surface area contributed by atoms with Gasteiger partial charge in [0.25, 0.3) is 0 Å². The number of ether oxygens (including phenoxy) is 2. The Hall–Kier alpha value is -4.77. The minimum absolute atomic E-state index is 0.183. The molecule has 16 nitrogen and oxygen atoms in total. The molecule has 2 aromatic rings. The minimum Gasteiger partial charge on any atom is -0.497 e. The lowest BCUT2D eigenvalue weighted by Gasteiger charge is -2.41. The summed E-state index contributed by atoms with van der Waals surface area (Å²) in [7, 11) is -1.87. The molecule has 3 amide bonds. The van der Waals surface area contributed by atoms with Crippen molar-refractivity contribution in [1.29, 1.82) is 0 Å². The van der Waals surface area contributed by atoms with Crippen LogP contribution in [0.25, 0.3) is 0 Å². The van der Waals surface area contributed by atoms with Crippen LogP contribution in [-0.2, 0) is 38.7 Å². The Labute approximate surface area is 265 Å². The van der Waals surface area contributed by atoms with Crippen LogP contribution < -0.4 is 14.4 Å². The van der Waals surface area contributed by atoms with Crippen LogP contribution in [0.15, 0.2) is 53.7 Å². The Bertz CT molecular complexity index is 1530. The van der Waals surface area contributed by atoms with Crippen LogP contribution in [0.5, 0.6) is 5.75 Å². The van der Waals surface area contributed by atoms with Crippen LogP contribution in [-0.4, -0.2) is 135 Å². The van der Waals surface area contributed by atoms with Crippen molar-refractivity contribution < 1.29 is 47.0 Å². The molecule has 2 aliphatic rings. The zero-order valence-corrected chi connectivity index (χ0v) is 26.2. The molecule has 46 heavy (non-hydrogen) atoms. The molecule has 0 radical (unpaired) electrons. The maximum Gasteiger partial charge on any atom is 0.323 e. The van der Waals surface area contributed by atoms with Gasteiger partial charge in [-0.1, -0.05) is 0 Å². The summed E-state index contributed by atoms with van der Waals surface area (Å²) >= 11 is 0. The molecule has 17 heteroatoms. The van der Waals surface area contributed by atoms with E-state index in [0.29, 0.717) is 31.9 Å². The third-order valence-electron chi connectivity index (χ3n) is 7.78. The molecule has 2 saturated heterocycles. The number of hydrogen-bond donors (Lipinski definition) is 2. The highest BCUT2D eigenvalue weighted by Crippen LogP contribution is 2.22. The maximum absolute atomic E-state index is 14.1. The van der Waals surface area contributed by atoms with Gasteiger partial charge in [0.2, 0.25) is 27.7 Å². The topological polar surface area (TPSA) is 196 Å². The molecule has 1 aromatic heterocycles. The van der Waals surface area contributed by atoms with E-state index in [0.717, 1.165) is 22.6 Å². The molecule has 2 atom stereocenters. The summed E-state index contributed by atoms with van der Waals surface area (Å²) in [5.41, 5.74) is 0.936. The van der Waals surface area contributed by atoms with E-state index >= 15 is 0 Å². The monoisotopic (exact) mass is 660 g/mol. The van der Waals surface area contributed by atoms with Gasteiger partial charge in [0.05, 0.1) is 32.0 Å². The number of carboxylic acids is 1. The highest BCUT2D eigenvalue weighted by Gasteiger charge is 2.43. The van der Waals surface area contributed by atoms with E-state index in [2.05, 4.69) is 14.6 Å². The van der Waals surface area contributed by atoms with Crippen LogP contribution in [0.4, 0.5) is 5.69 Å². The molecular formula is C29H36N6O10S. The third kappa shape index (κ3) is 8.28. The van der Waals surface area contributed by atoms with Gasteiger partial charge in [-0.2, -0.15) is 4.72 Å². The molecule has 4 rings (SSSR count). The summed E-state index contributed by atoms with van der Waals surface area (Å²) in [5.74, 6) is -3.96. The summed E-state index contributed by atoms with van der Waals surface area (Å²) < 4.78 is 39.0. The summed E-state index contributed by atoms with van der Waals surface area (Å²) in [5, 5.41) is 9.24. The molecule has 2 aliphatic heterocycles. The van der Waals surface area contributed by atoms with Crippen molar-refractivity contribution >= 4 is 45.4 Å². The predicted octanol–water partition coefficient (Wildman–Crippen LogP) is -0.837. The summed E-state index contributed by atoms with van der Waals surface area (Å²) in [6.07, 6.45) is 2.16. The number of piperazine rings is 2. The highest BCUT2D eigenvalue weighted by molar-refractivity contribution is 7.89. The van der Waals surface area contributed by atoms with E-state index in [1.54, 1.807) is 12.4 Å². The molecule has 3 heterocycles. The highest BCUT2D eigenvalue weighted by atomic mass is 32.2. The number of nitrogens with zero attached hydrogens (tertiary/aromatic N) is 5. The van der Waals surface area contributed by atoms with Crippen LogP contribution in [0, 0.1) is 0 Å². The number of esters is 1. The number of aromatic nitrogens is 1. The number of anilines is 1. The van der Waals surface area contributed by atoms with Gasteiger partial charge in [-0.05, 0) is 36.4 Å². The lowest BCUT2D eigenvalue weighted by Crippen LogP contribution is -2.63. The van der Waals surface area contributed by atoms with Crippen LogP contribution in [0.2, 0.25) is 0 Å². The summed E-state index contributed by atoms with van der Waals surface area (Å²) in [4.78, 5) is 73.9. The summed E-state index contributed by atoms with van der Waals surface area (Å²) in [6.45, 7) is 0.558. The Morgan fingerprint density at radius 3 is 2.22 bits per heavy atom. The van der Waals surface area contributed by atoms with E-state index < -0.39 is 71.2 Å². The number of carboxylic acid groups (broad SMARTS) is 1. The standard InChI is InChI=1S/C29H36N6O10S/c1-44-21-3-5-22(6-4-21)46(42,43)31-23(17-25(36)33-13-11-32(12-14-33)20-7-9-30-10-8-20)28(40)35-16-15-34(19-26(37)38)29(41)24(35)18-27(39)45-2/h3-10,23-24,31H,11-19H2,1-2H3,(H,37,38)/t23?,24-/m0/s1. The van der Waals surface area contributed by atoms with Gasteiger partial charge >= 0.3 is 11.9 Å². The Morgan fingerprint density at radius 1 is 0.978 bits per heavy atom. The van der Waals surface area contributed by atoms with Crippen LogP contribution in [0.1, 0.15) is 12.8 Å². The number of methoxy groups -OCH3 is 2. The molecule has 2 N–H and O–H groups in total. The van der Waals surface area contributed by atoms with E-state index in [4.69, 9.17) is 9.47 Å². The number of carbonyl (C=O) groups is 5. The second-order valence-corrected chi connectivity index (χ2v) is 12.3. The Morgan fingerprint density at radius 2 is 1.63 bits per heavy atom. The van der Waals surface area contributed by atoms with Gasteiger partial charge in [-0.3, -0.25) is 29.0 Å². The zero-order chi connectivity index (χ0) is 33.4. The average molecular weight is 661 g/mol. The van der Waals surface area contributed by atoms with E-state index in [1.165, 1.54) is 36.3 Å². The van der Waals surface area contributed by atoms with Gasteiger partial charge < -0.3 is 34.2 Å². The fraction of sp³-hybridized carbons (Fsp3) is 0.448. The number of aliphatic carboxylic acids is 1. The second kappa shape index (κ2) is 15.0. The van der Waals surface area contributed by atoms with E-state index in [-0.39, 0.29) is 18.0 Å².